The number of fused-ring (bicyclic) bond motifs is 1. The van der Waals surface area contributed by atoms with Gasteiger partial charge in [0.1, 0.15) is 12.3 Å². The number of ether oxygens (including phenoxy) is 2. The van der Waals surface area contributed by atoms with Gasteiger partial charge in [-0.05, 0) is 61.9 Å². The summed E-state index contributed by atoms with van der Waals surface area (Å²) >= 11 is 0. The summed E-state index contributed by atoms with van der Waals surface area (Å²) in [6.45, 7) is 4.57. The van der Waals surface area contributed by atoms with Crippen molar-refractivity contribution in [2.24, 2.45) is 5.41 Å². The maximum atomic E-state index is 13.7. The van der Waals surface area contributed by atoms with Gasteiger partial charge in [-0.25, -0.2) is 8.42 Å². The first-order valence-corrected chi connectivity index (χ1v) is 17.1. The van der Waals surface area contributed by atoms with Gasteiger partial charge >= 0.3 is 6.18 Å². The lowest BCUT2D eigenvalue weighted by Crippen LogP contribution is -2.68. The number of hydrogen-bond acceptors (Lipinski definition) is 7. The SMILES string of the molecule is CCS(=O)(=O)c1ccc(NCC#Cc2cc3c(N[C@H]4CC[C@@H](N5CC6(COC6)C5)CC4)cccc3n2CC(F)(F)F)c(OC)c1. The van der Waals surface area contributed by atoms with Crippen LogP contribution < -0.4 is 15.4 Å². The van der Waals surface area contributed by atoms with Gasteiger partial charge in [-0.15, -0.1) is 0 Å². The van der Waals surface area contributed by atoms with Crippen LogP contribution in [0.5, 0.6) is 5.75 Å². The van der Waals surface area contributed by atoms with Gasteiger partial charge < -0.3 is 24.7 Å². The quantitative estimate of drug-likeness (QED) is 0.297. The molecule has 3 heterocycles. The summed E-state index contributed by atoms with van der Waals surface area (Å²) in [4.78, 5) is 2.74. The molecular weight excluding hydrogens is 605 g/mol. The third-order valence-corrected chi connectivity index (χ3v) is 11.0. The van der Waals surface area contributed by atoms with E-state index in [0.717, 1.165) is 57.7 Å². The van der Waals surface area contributed by atoms with E-state index in [2.05, 4.69) is 27.4 Å². The van der Waals surface area contributed by atoms with Crippen molar-refractivity contribution in [3.63, 3.8) is 0 Å². The number of methoxy groups -OCH3 is 1. The molecule has 2 aliphatic heterocycles. The monoisotopic (exact) mass is 644 g/mol. The maximum absolute atomic E-state index is 13.7. The zero-order valence-electron chi connectivity index (χ0n) is 25.5. The van der Waals surface area contributed by atoms with Crippen LogP contribution in [0.1, 0.15) is 38.3 Å². The van der Waals surface area contributed by atoms with Crippen LogP contribution in [0.3, 0.4) is 0 Å². The van der Waals surface area contributed by atoms with Crippen LogP contribution in [-0.2, 0) is 21.1 Å². The molecule has 2 N–H and O–H groups in total. The van der Waals surface area contributed by atoms with E-state index in [1.807, 2.05) is 6.07 Å². The minimum Gasteiger partial charge on any atom is -0.495 e. The topological polar surface area (TPSA) is 84.8 Å². The molecule has 242 valence electrons. The molecule has 1 spiro atoms. The van der Waals surface area contributed by atoms with Crippen LogP contribution >= 0.6 is 0 Å². The second-order valence-corrected chi connectivity index (χ2v) is 14.7. The molecule has 0 amide bonds. The molecule has 3 aliphatic rings. The highest BCUT2D eigenvalue weighted by Crippen LogP contribution is 2.41. The van der Waals surface area contributed by atoms with Gasteiger partial charge in [-0.1, -0.05) is 18.9 Å². The van der Waals surface area contributed by atoms with E-state index in [9.17, 15) is 21.6 Å². The Morgan fingerprint density at radius 2 is 1.82 bits per heavy atom. The van der Waals surface area contributed by atoms with Crippen molar-refractivity contribution in [3.05, 3.63) is 48.2 Å². The van der Waals surface area contributed by atoms with E-state index >= 15 is 0 Å². The Balaban J connectivity index is 1.16. The molecule has 1 saturated carbocycles. The van der Waals surface area contributed by atoms with Crippen molar-refractivity contribution in [1.82, 2.24) is 9.47 Å². The summed E-state index contributed by atoms with van der Waals surface area (Å²) in [5, 5.41) is 7.43. The molecular formula is C33H39F3N4O4S. The third-order valence-electron chi connectivity index (χ3n) is 9.25. The summed E-state index contributed by atoms with van der Waals surface area (Å²) < 4.78 is 77.5. The molecule has 2 aromatic carbocycles. The smallest absolute Gasteiger partial charge is 0.406 e. The fourth-order valence-corrected chi connectivity index (χ4v) is 7.66. The molecule has 8 nitrogen and oxygen atoms in total. The molecule has 0 unspecified atom stereocenters. The van der Waals surface area contributed by atoms with Gasteiger partial charge in [-0.3, -0.25) is 4.90 Å². The van der Waals surface area contributed by atoms with E-state index in [1.54, 1.807) is 31.2 Å². The number of likely N-dealkylation sites (tertiary alicyclic amines) is 1. The third kappa shape index (κ3) is 6.76. The molecule has 45 heavy (non-hydrogen) atoms. The summed E-state index contributed by atoms with van der Waals surface area (Å²) in [6, 6.07) is 12.5. The minimum absolute atomic E-state index is 0.0333. The molecule has 1 aromatic heterocycles. The molecule has 3 aromatic rings. The predicted octanol–water partition coefficient (Wildman–Crippen LogP) is 5.52. The van der Waals surface area contributed by atoms with E-state index in [-0.39, 0.29) is 28.9 Å². The van der Waals surface area contributed by atoms with E-state index in [4.69, 9.17) is 9.47 Å². The number of nitrogens with one attached hydrogen (secondary N) is 2. The Labute approximate surface area is 262 Å². The number of sulfone groups is 1. The Morgan fingerprint density at radius 1 is 1.07 bits per heavy atom. The van der Waals surface area contributed by atoms with Crippen LogP contribution in [0.2, 0.25) is 0 Å². The normalized spacial score (nSPS) is 21.4. The number of anilines is 2. The number of aromatic nitrogens is 1. The summed E-state index contributed by atoms with van der Waals surface area (Å²) in [5.41, 5.74) is 2.50. The van der Waals surface area contributed by atoms with Gasteiger partial charge in [0.25, 0.3) is 0 Å². The first kappa shape index (κ1) is 31.6. The Kier molecular flexibility index (Phi) is 8.71. The number of halogens is 3. The molecule has 3 fully saturated rings. The maximum Gasteiger partial charge on any atom is 0.406 e. The zero-order chi connectivity index (χ0) is 31.8. The van der Waals surface area contributed by atoms with Crippen LogP contribution in [0.4, 0.5) is 24.5 Å². The van der Waals surface area contributed by atoms with E-state index in [0.29, 0.717) is 33.8 Å². The molecule has 0 bridgehead atoms. The highest BCUT2D eigenvalue weighted by atomic mass is 32.2. The summed E-state index contributed by atoms with van der Waals surface area (Å²) in [7, 11) is -1.97. The summed E-state index contributed by atoms with van der Waals surface area (Å²) in [5.74, 6) is 6.16. The second-order valence-electron chi connectivity index (χ2n) is 12.4. The average molecular weight is 645 g/mol. The van der Waals surface area contributed by atoms with Crippen molar-refractivity contribution in [2.75, 3.05) is 56.3 Å². The Morgan fingerprint density at radius 3 is 2.47 bits per heavy atom. The number of alkyl halides is 3. The van der Waals surface area contributed by atoms with Crippen molar-refractivity contribution in [1.29, 1.82) is 0 Å². The van der Waals surface area contributed by atoms with Gasteiger partial charge in [-0.2, -0.15) is 13.2 Å². The van der Waals surface area contributed by atoms with Crippen molar-refractivity contribution in [2.45, 2.75) is 62.3 Å². The number of hydrogen-bond donors (Lipinski definition) is 2. The fraction of sp³-hybridized carbons (Fsp3) is 0.515. The molecule has 6 rings (SSSR count). The van der Waals surface area contributed by atoms with Crippen LogP contribution in [-0.4, -0.2) is 81.9 Å². The number of benzene rings is 2. The van der Waals surface area contributed by atoms with Crippen LogP contribution in [0, 0.1) is 17.3 Å². The fourth-order valence-electron chi connectivity index (χ4n) is 6.77. The highest BCUT2D eigenvalue weighted by Gasteiger charge is 2.50. The lowest BCUT2D eigenvalue weighted by atomic mass is 9.75. The van der Waals surface area contributed by atoms with Crippen molar-refractivity contribution < 1.29 is 31.1 Å². The largest absolute Gasteiger partial charge is 0.495 e. The lowest BCUT2D eigenvalue weighted by molar-refractivity contribution is -0.200. The van der Waals surface area contributed by atoms with Crippen molar-refractivity contribution in [3.8, 4) is 17.6 Å². The predicted molar refractivity (Wildman–Crippen MR) is 169 cm³/mol. The van der Waals surface area contributed by atoms with Gasteiger partial charge in [0.05, 0.1) is 54.4 Å². The Bertz CT molecular complexity index is 1710. The highest BCUT2D eigenvalue weighted by molar-refractivity contribution is 7.91. The van der Waals surface area contributed by atoms with E-state index < -0.39 is 22.6 Å². The second kappa shape index (κ2) is 12.4. The standard InChI is InChI=1S/C33H39F3N4O4S/c1-3-45(41,42)26-13-14-29(31(17-26)43-2)37-15-5-6-25-16-27-28(7-4-8-30(27)40(25)20-33(34,35)36)38-23-9-11-24(12-10-23)39-18-32(19-39)21-44-22-32/h4,7-8,13-14,16-17,23-24,37-38H,3,9-12,15,18-22H2,1-2H3/t23-,24+. The van der Waals surface area contributed by atoms with Crippen LogP contribution in [0.25, 0.3) is 10.9 Å². The first-order chi connectivity index (χ1) is 21.5. The number of rotatable bonds is 9. The average Bonchev–Trinajstić information content (AvgIpc) is 3.31. The molecule has 0 atom stereocenters. The molecule has 1 aliphatic carbocycles. The zero-order valence-corrected chi connectivity index (χ0v) is 26.4. The van der Waals surface area contributed by atoms with Gasteiger partial charge in [0, 0.05) is 47.7 Å². The minimum atomic E-state index is -4.42. The lowest BCUT2D eigenvalue weighted by Gasteiger charge is -2.58. The van der Waals surface area contributed by atoms with Gasteiger partial charge in [0.2, 0.25) is 0 Å². The molecule has 2 saturated heterocycles. The first-order valence-electron chi connectivity index (χ1n) is 15.4. The molecule has 0 radical (unpaired) electrons. The Hall–Kier alpha value is -3.40. The van der Waals surface area contributed by atoms with E-state index in [1.165, 1.54) is 23.8 Å². The molecule has 12 heteroatoms. The van der Waals surface area contributed by atoms with Gasteiger partial charge in [0.15, 0.2) is 9.84 Å². The summed E-state index contributed by atoms with van der Waals surface area (Å²) in [6.07, 6.45) is -0.191. The number of nitrogens with zero attached hydrogens (tertiary/aromatic N) is 2. The van der Waals surface area contributed by atoms with Crippen molar-refractivity contribution >= 4 is 32.1 Å². The van der Waals surface area contributed by atoms with Crippen LogP contribution in [0.15, 0.2) is 47.4 Å².